The fraction of sp³-hybridized carbons (Fsp3) is 0.647. The molecule has 122 valence electrons. The van der Waals surface area contributed by atoms with Gasteiger partial charge < -0.3 is 25.2 Å². The molecule has 1 aromatic rings. The maximum atomic E-state index is 10.5. The summed E-state index contributed by atoms with van der Waals surface area (Å²) in [5.41, 5.74) is 7.37. The van der Waals surface area contributed by atoms with Crippen molar-refractivity contribution in [2.24, 2.45) is 11.1 Å². The third-order valence-corrected chi connectivity index (χ3v) is 4.54. The maximum absolute atomic E-state index is 10.5. The van der Waals surface area contributed by atoms with E-state index < -0.39 is 6.10 Å². The van der Waals surface area contributed by atoms with Gasteiger partial charge in [0.25, 0.3) is 0 Å². The van der Waals surface area contributed by atoms with Gasteiger partial charge in [0.05, 0.1) is 6.10 Å². The number of fused-ring (bicyclic) bond motifs is 1. The topological polar surface area (TPSA) is 68.0 Å². The largest absolute Gasteiger partial charge is 0.486 e. The van der Waals surface area contributed by atoms with Crippen LogP contribution in [-0.2, 0) is 0 Å². The Morgan fingerprint density at radius 3 is 2.68 bits per heavy atom. The van der Waals surface area contributed by atoms with E-state index in [9.17, 15) is 5.11 Å². The number of nitrogens with zero attached hydrogens (tertiary/aromatic N) is 1. The van der Waals surface area contributed by atoms with Crippen LogP contribution in [0.25, 0.3) is 0 Å². The van der Waals surface area contributed by atoms with E-state index in [0.29, 0.717) is 30.9 Å². The summed E-state index contributed by atoms with van der Waals surface area (Å²) >= 11 is 0. The first-order chi connectivity index (χ1) is 10.4. The molecule has 1 fully saturated rings. The van der Waals surface area contributed by atoms with Gasteiger partial charge in [0.1, 0.15) is 13.2 Å². The maximum Gasteiger partial charge on any atom is 0.161 e. The summed E-state index contributed by atoms with van der Waals surface area (Å²) in [6.07, 6.45) is 0.486. The van der Waals surface area contributed by atoms with Crippen molar-refractivity contribution in [3.05, 3.63) is 23.8 Å². The number of nitrogens with two attached hydrogens (primary N) is 1. The number of ether oxygens (including phenoxy) is 2. The first kappa shape index (κ1) is 15.6. The lowest BCUT2D eigenvalue weighted by molar-refractivity contribution is 0.121. The molecule has 5 nitrogen and oxygen atoms in total. The average Bonchev–Trinajstić information content (AvgIpc) is 2.84. The number of hydrogen-bond acceptors (Lipinski definition) is 5. The van der Waals surface area contributed by atoms with E-state index in [1.165, 1.54) is 6.42 Å². The average molecular weight is 306 g/mol. The second kappa shape index (κ2) is 6.07. The molecule has 0 radical (unpaired) electrons. The summed E-state index contributed by atoms with van der Waals surface area (Å²) in [6.45, 7) is 8.45. The molecule has 3 N–H and O–H groups in total. The molecule has 0 bridgehead atoms. The molecule has 2 aliphatic rings. The summed E-state index contributed by atoms with van der Waals surface area (Å²) in [6, 6.07) is 5.24. The normalized spacial score (nSPS) is 23.3. The van der Waals surface area contributed by atoms with Crippen molar-refractivity contribution in [1.82, 2.24) is 4.90 Å². The highest BCUT2D eigenvalue weighted by Gasteiger charge is 2.31. The Hall–Kier alpha value is -1.30. The van der Waals surface area contributed by atoms with Crippen molar-refractivity contribution in [2.45, 2.75) is 32.4 Å². The number of aliphatic hydroxyl groups excluding tert-OH is 1. The molecule has 1 unspecified atom stereocenters. The number of likely N-dealkylation sites (tertiary alicyclic amines) is 1. The quantitative estimate of drug-likeness (QED) is 0.883. The van der Waals surface area contributed by atoms with Crippen molar-refractivity contribution in [2.75, 3.05) is 32.8 Å². The van der Waals surface area contributed by atoms with Gasteiger partial charge in [-0.1, -0.05) is 19.9 Å². The summed E-state index contributed by atoms with van der Waals surface area (Å²) in [5, 5.41) is 10.5. The Morgan fingerprint density at radius 1 is 1.27 bits per heavy atom. The fourth-order valence-electron chi connectivity index (χ4n) is 3.27. The third kappa shape index (κ3) is 3.37. The van der Waals surface area contributed by atoms with Crippen molar-refractivity contribution in [1.29, 1.82) is 0 Å². The van der Waals surface area contributed by atoms with Crippen LogP contribution in [-0.4, -0.2) is 48.9 Å². The lowest BCUT2D eigenvalue weighted by Gasteiger charge is -2.27. The van der Waals surface area contributed by atoms with Crippen molar-refractivity contribution in [3.63, 3.8) is 0 Å². The molecule has 3 rings (SSSR count). The number of hydrogen-bond donors (Lipinski definition) is 2. The van der Waals surface area contributed by atoms with Gasteiger partial charge in [-0.05, 0) is 36.1 Å². The molecule has 22 heavy (non-hydrogen) atoms. The molecule has 0 aliphatic carbocycles. The number of rotatable bonds is 4. The predicted molar refractivity (Wildman–Crippen MR) is 85.2 cm³/mol. The minimum Gasteiger partial charge on any atom is -0.486 e. The smallest absolute Gasteiger partial charge is 0.161 e. The molecule has 2 heterocycles. The van der Waals surface area contributed by atoms with Crippen LogP contribution < -0.4 is 15.2 Å². The molecular formula is C17H26N2O3. The lowest BCUT2D eigenvalue weighted by atomic mass is 9.93. The Bertz CT molecular complexity index is 533. The molecule has 0 aromatic heterocycles. The highest BCUT2D eigenvalue weighted by atomic mass is 16.6. The highest BCUT2D eigenvalue weighted by molar-refractivity contribution is 5.44. The molecular weight excluding hydrogens is 280 g/mol. The minimum absolute atomic E-state index is 0.309. The Kier molecular flexibility index (Phi) is 4.30. The van der Waals surface area contributed by atoms with Crippen LogP contribution in [0, 0.1) is 5.41 Å². The van der Waals surface area contributed by atoms with Gasteiger partial charge in [-0.15, -0.1) is 0 Å². The van der Waals surface area contributed by atoms with E-state index in [1.807, 2.05) is 18.2 Å². The fourth-order valence-corrected chi connectivity index (χ4v) is 3.27. The van der Waals surface area contributed by atoms with Gasteiger partial charge in [0.2, 0.25) is 0 Å². The minimum atomic E-state index is -0.695. The summed E-state index contributed by atoms with van der Waals surface area (Å²) in [7, 11) is 0. The zero-order valence-electron chi connectivity index (χ0n) is 13.4. The standard InChI is InChI=1S/C17H26N2O3/c1-17(2)5-6-19(11-17)10-13(18)16(20)12-3-4-14-15(9-12)22-8-7-21-14/h3-4,9,13,16,20H,5-8,10-11,18H2,1-2H3/t13-,16?/m1/s1. The van der Waals surface area contributed by atoms with Crippen LogP contribution in [0.4, 0.5) is 0 Å². The van der Waals surface area contributed by atoms with E-state index in [2.05, 4.69) is 18.7 Å². The van der Waals surface area contributed by atoms with Crippen LogP contribution in [0.1, 0.15) is 31.9 Å². The SMILES string of the molecule is CC1(C)CCN(C[C@@H](N)C(O)c2ccc3c(c2)OCCO3)C1. The highest BCUT2D eigenvalue weighted by Crippen LogP contribution is 2.34. The summed E-state index contributed by atoms with van der Waals surface area (Å²) < 4.78 is 11.1. The van der Waals surface area contributed by atoms with Crippen LogP contribution >= 0.6 is 0 Å². The first-order valence-electron chi connectivity index (χ1n) is 8.00. The second-order valence-corrected chi connectivity index (χ2v) is 7.16. The van der Waals surface area contributed by atoms with Crippen LogP contribution in [0.5, 0.6) is 11.5 Å². The zero-order chi connectivity index (χ0) is 15.7. The molecule has 2 atom stereocenters. The third-order valence-electron chi connectivity index (χ3n) is 4.54. The van der Waals surface area contributed by atoms with Gasteiger partial charge in [-0.2, -0.15) is 0 Å². The van der Waals surface area contributed by atoms with Crippen molar-refractivity contribution >= 4 is 0 Å². The van der Waals surface area contributed by atoms with E-state index in [0.717, 1.165) is 24.4 Å². The van der Waals surface area contributed by atoms with E-state index in [-0.39, 0.29) is 6.04 Å². The molecule has 0 amide bonds. The van der Waals surface area contributed by atoms with Crippen molar-refractivity contribution < 1.29 is 14.6 Å². The van der Waals surface area contributed by atoms with Gasteiger partial charge >= 0.3 is 0 Å². The molecule has 5 heteroatoms. The van der Waals surface area contributed by atoms with Gasteiger partial charge in [-0.25, -0.2) is 0 Å². The zero-order valence-corrected chi connectivity index (χ0v) is 13.4. The Balaban J connectivity index is 1.64. The lowest BCUT2D eigenvalue weighted by Crippen LogP contribution is -2.41. The van der Waals surface area contributed by atoms with Crippen LogP contribution in [0.3, 0.4) is 0 Å². The summed E-state index contributed by atoms with van der Waals surface area (Å²) in [5.74, 6) is 1.43. The van der Waals surface area contributed by atoms with Gasteiger partial charge in [0, 0.05) is 19.1 Å². The van der Waals surface area contributed by atoms with E-state index in [4.69, 9.17) is 15.2 Å². The predicted octanol–water partition coefficient (Wildman–Crippen LogP) is 1.55. The second-order valence-electron chi connectivity index (χ2n) is 7.16. The summed E-state index contributed by atoms with van der Waals surface area (Å²) in [4.78, 5) is 2.34. The van der Waals surface area contributed by atoms with Gasteiger partial charge in [0.15, 0.2) is 11.5 Å². The molecule has 0 spiro atoms. The Morgan fingerprint density at radius 2 is 2.00 bits per heavy atom. The number of aliphatic hydroxyl groups is 1. The van der Waals surface area contributed by atoms with E-state index >= 15 is 0 Å². The van der Waals surface area contributed by atoms with E-state index in [1.54, 1.807) is 0 Å². The Labute approximate surface area is 132 Å². The van der Waals surface area contributed by atoms with Crippen LogP contribution in [0.2, 0.25) is 0 Å². The van der Waals surface area contributed by atoms with Gasteiger partial charge in [-0.3, -0.25) is 0 Å². The molecule has 1 saturated heterocycles. The van der Waals surface area contributed by atoms with Crippen LogP contribution in [0.15, 0.2) is 18.2 Å². The number of benzene rings is 1. The molecule has 2 aliphatic heterocycles. The van der Waals surface area contributed by atoms with Crippen molar-refractivity contribution in [3.8, 4) is 11.5 Å². The monoisotopic (exact) mass is 306 g/mol. The molecule has 0 saturated carbocycles. The first-order valence-corrected chi connectivity index (χ1v) is 8.00. The molecule has 1 aromatic carbocycles.